The van der Waals surface area contributed by atoms with Gasteiger partial charge in [0.2, 0.25) is 0 Å². The zero-order chi connectivity index (χ0) is 18.1. The maximum atomic E-state index is 10.0. The molecule has 2 aromatic carbocycles. The summed E-state index contributed by atoms with van der Waals surface area (Å²) in [5.41, 5.74) is 4.63. The molecule has 0 unspecified atom stereocenters. The van der Waals surface area contributed by atoms with Gasteiger partial charge in [-0.25, -0.2) is 5.84 Å². The predicted molar refractivity (Wildman–Crippen MR) is 101 cm³/mol. The van der Waals surface area contributed by atoms with Crippen molar-refractivity contribution in [2.75, 3.05) is 11.6 Å². The van der Waals surface area contributed by atoms with E-state index in [0.29, 0.717) is 0 Å². The lowest BCUT2D eigenvalue weighted by Crippen LogP contribution is -2.32. The summed E-state index contributed by atoms with van der Waals surface area (Å²) in [6.45, 7) is 0.740. The summed E-state index contributed by atoms with van der Waals surface area (Å²) in [6, 6.07) is 14.5. The Morgan fingerprint density at radius 2 is 1.77 bits per heavy atom. The molecule has 0 aromatic heterocycles. The molecule has 3 N–H and O–H groups in total. The van der Waals surface area contributed by atoms with Gasteiger partial charge in [-0.1, -0.05) is 30.3 Å². The molecule has 26 heavy (non-hydrogen) atoms. The molecule has 6 nitrogen and oxygen atoms in total. The Morgan fingerprint density at radius 1 is 1.00 bits per heavy atom. The lowest BCUT2D eigenvalue weighted by Gasteiger charge is -2.09. The van der Waals surface area contributed by atoms with Crippen molar-refractivity contribution in [2.45, 2.75) is 0 Å². The van der Waals surface area contributed by atoms with Crippen LogP contribution in [0.4, 0.5) is 11.4 Å². The molecule has 0 bridgehead atoms. The van der Waals surface area contributed by atoms with Gasteiger partial charge < -0.3 is 5.01 Å². The van der Waals surface area contributed by atoms with Gasteiger partial charge in [0, 0.05) is 29.1 Å². The first-order valence-corrected chi connectivity index (χ1v) is 8.15. The van der Waals surface area contributed by atoms with E-state index in [1.807, 2.05) is 23.7 Å². The van der Waals surface area contributed by atoms with Crippen molar-refractivity contribution in [2.24, 2.45) is 10.8 Å². The van der Waals surface area contributed by atoms with Gasteiger partial charge in [0.05, 0.1) is 17.9 Å². The number of benzene rings is 2. The van der Waals surface area contributed by atoms with Gasteiger partial charge in [-0.15, -0.1) is 0 Å². The first-order valence-electron chi connectivity index (χ1n) is 8.15. The largest absolute Gasteiger partial charge is 0.306 e. The van der Waals surface area contributed by atoms with Crippen LogP contribution in [0.3, 0.4) is 0 Å². The summed E-state index contributed by atoms with van der Waals surface area (Å²) in [6.07, 6.45) is 6.32. The molecule has 0 fully saturated rings. The first kappa shape index (κ1) is 16.0. The monoisotopic (exact) mass is 344 g/mol. The summed E-state index contributed by atoms with van der Waals surface area (Å²) in [5, 5.41) is 6.26. The number of hydrogen-bond donors (Lipinski definition) is 2. The number of para-hydroxylation sites is 1. The van der Waals surface area contributed by atoms with Crippen LogP contribution in [0.5, 0.6) is 0 Å². The maximum Gasteiger partial charge on any atom is 0.250 e. The molecule has 0 spiro atoms. The molecule has 3 aliphatic heterocycles. The standard InChI is InChI=1S/C16H13N3.C4H3NO2/c17-19-10-14(13-4-1-2-7-16(13)19)11-5-3-6-15-12(11)8-9-18-15;6-3-1-2-4(7)5-3/h1-9H,10,17H2;1-2H,(H,5,6,7). The van der Waals surface area contributed by atoms with Crippen LogP contribution in [0.15, 0.2) is 59.6 Å². The first-order chi connectivity index (χ1) is 12.6. The minimum atomic E-state index is -0.329. The molecular weight excluding hydrogens is 328 g/mol. The fourth-order valence-corrected chi connectivity index (χ4v) is 3.20. The van der Waals surface area contributed by atoms with Gasteiger partial charge in [0.1, 0.15) is 0 Å². The van der Waals surface area contributed by atoms with Crippen LogP contribution in [-0.2, 0) is 9.59 Å². The summed E-state index contributed by atoms with van der Waals surface area (Å²) < 4.78 is 0. The Hall–Kier alpha value is -3.51. The van der Waals surface area contributed by atoms with Crippen molar-refractivity contribution in [3.63, 3.8) is 0 Å². The molecule has 3 aliphatic rings. The van der Waals surface area contributed by atoms with Crippen LogP contribution in [0, 0.1) is 0 Å². The van der Waals surface area contributed by atoms with Crippen molar-refractivity contribution in [1.82, 2.24) is 5.32 Å². The molecule has 0 saturated heterocycles. The van der Waals surface area contributed by atoms with Crippen LogP contribution < -0.4 is 26.6 Å². The third-order valence-corrected chi connectivity index (χ3v) is 4.36. The lowest BCUT2D eigenvalue weighted by molar-refractivity contribution is -0.123. The van der Waals surface area contributed by atoms with Crippen LogP contribution in [0.2, 0.25) is 0 Å². The van der Waals surface area contributed by atoms with Gasteiger partial charge in [-0.3, -0.25) is 19.9 Å². The Kier molecular flexibility index (Phi) is 3.95. The number of rotatable bonds is 0. The van der Waals surface area contributed by atoms with Crippen LogP contribution in [-0.4, -0.2) is 24.6 Å². The molecule has 2 amide bonds. The smallest absolute Gasteiger partial charge is 0.250 e. The van der Waals surface area contributed by atoms with Gasteiger partial charge in [0.15, 0.2) is 0 Å². The van der Waals surface area contributed by atoms with Crippen molar-refractivity contribution in [3.8, 4) is 0 Å². The fraction of sp³-hybridized carbons (Fsp3) is 0.0500. The van der Waals surface area contributed by atoms with E-state index in [9.17, 15) is 9.59 Å². The number of carbonyl (C=O) groups is 2. The molecule has 128 valence electrons. The average Bonchev–Trinajstić information content (AvgIpc) is 3.35. The van der Waals surface area contributed by atoms with Crippen molar-refractivity contribution in [1.29, 1.82) is 0 Å². The normalized spacial score (nSPS) is 18.1. The highest BCUT2D eigenvalue weighted by atomic mass is 16.2. The van der Waals surface area contributed by atoms with Crippen LogP contribution in [0.25, 0.3) is 11.6 Å². The van der Waals surface area contributed by atoms with Crippen molar-refractivity contribution < 1.29 is 9.59 Å². The number of hydrazine groups is 1. The number of nitrogens with one attached hydrogen (secondary N) is 1. The quantitative estimate of drug-likeness (QED) is 0.531. The van der Waals surface area contributed by atoms with Crippen molar-refractivity contribution >= 4 is 41.1 Å². The van der Waals surface area contributed by atoms with Crippen LogP contribution >= 0.6 is 0 Å². The Bertz CT molecular complexity index is 1080. The SMILES string of the molecule is NN1CC(=c2cccc3c2=CC=N3)c2ccccc21.O=C1C=CC(=O)N1. The third kappa shape index (κ3) is 2.82. The highest BCUT2D eigenvalue weighted by molar-refractivity contribution is 6.12. The second-order valence-electron chi connectivity index (χ2n) is 5.99. The summed E-state index contributed by atoms with van der Waals surface area (Å²) in [5.74, 6) is 5.43. The van der Waals surface area contributed by atoms with Gasteiger partial charge in [-0.05, 0) is 29.0 Å². The Balaban J connectivity index is 0.000000204. The second kappa shape index (κ2) is 6.42. The number of nitrogens with zero attached hydrogens (tertiary/aromatic N) is 2. The summed E-state index contributed by atoms with van der Waals surface area (Å²) >= 11 is 0. The highest BCUT2D eigenvalue weighted by Gasteiger charge is 2.21. The number of amides is 2. The molecule has 2 aromatic rings. The van der Waals surface area contributed by atoms with E-state index >= 15 is 0 Å². The molecule has 3 heterocycles. The summed E-state index contributed by atoms with van der Waals surface area (Å²) in [7, 11) is 0. The maximum absolute atomic E-state index is 10.0. The molecular formula is C20H16N4O2. The van der Waals surface area contributed by atoms with E-state index in [1.165, 1.54) is 33.7 Å². The number of carbonyl (C=O) groups excluding carboxylic acids is 2. The number of aliphatic imine (C=N–C) groups is 1. The Morgan fingerprint density at radius 3 is 2.50 bits per heavy atom. The zero-order valence-corrected chi connectivity index (χ0v) is 13.8. The topological polar surface area (TPSA) is 87.8 Å². The second-order valence-corrected chi connectivity index (χ2v) is 5.99. The van der Waals surface area contributed by atoms with Gasteiger partial charge >= 0.3 is 0 Å². The third-order valence-electron chi connectivity index (χ3n) is 4.36. The highest BCUT2D eigenvalue weighted by Crippen LogP contribution is 2.31. The molecule has 5 rings (SSSR count). The number of nitrogens with two attached hydrogens (primary N) is 1. The van der Waals surface area contributed by atoms with E-state index in [4.69, 9.17) is 5.84 Å². The number of anilines is 1. The zero-order valence-electron chi connectivity index (χ0n) is 13.8. The Labute approximate surface area is 149 Å². The molecule has 0 saturated carbocycles. The molecule has 0 atom stereocenters. The van der Waals surface area contributed by atoms with Gasteiger partial charge in [-0.2, -0.15) is 0 Å². The van der Waals surface area contributed by atoms with Gasteiger partial charge in [0.25, 0.3) is 11.8 Å². The summed E-state index contributed by atoms with van der Waals surface area (Å²) in [4.78, 5) is 24.4. The molecule has 0 radical (unpaired) electrons. The van der Waals surface area contributed by atoms with Crippen LogP contribution in [0.1, 0.15) is 5.56 Å². The van der Waals surface area contributed by atoms with E-state index in [2.05, 4.69) is 41.4 Å². The van der Waals surface area contributed by atoms with Crippen molar-refractivity contribution in [3.05, 3.63) is 70.6 Å². The molecule has 6 heteroatoms. The lowest BCUT2D eigenvalue weighted by atomic mass is 10.0. The number of fused-ring (bicyclic) bond motifs is 2. The van der Waals surface area contributed by atoms with E-state index in [1.54, 1.807) is 5.01 Å². The minimum Gasteiger partial charge on any atom is -0.306 e. The molecule has 0 aliphatic carbocycles. The predicted octanol–water partition coefficient (Wildman–Crippen LogP) is 0.275. The average molecular weight is 344 g/mol. The van der Waals surface area contributed by atoms with E-state index in [0.717, 1.165) is 17.9 Å². The fourth-order valence-electron chi connectivity index (χ4n) is 3.20. The number of imide groups is 1. The number of hydrogen-bond acceptors (Lipinski definition) is 5. The minimum absolute atomic E-state index is 0.329. The van der Waals surface area contributed by atoms with E-state index in [-0.39, 0.29) is 11.8 Å². The van der Waals surface area contributed by atoms with E-state index < -0.39 is 0 Å².